The summed E-state index contributed by atoms with van der Waals surface area (Å²) in [6.07, 6.45) is 2.93. The van der Waals surface area contributed by atoms with Crippen molar-refractivity contribution < 1.29 is 19.1 Å². The molecule has 0 radical (unpaired) electrons. The summed E-state index contributed by atoms with van der Waals surface area (Å²) in [5, 5.41) is 0. The van der Waals surface area contributed by atoms with Crippen LogP contribution in [0.4, 0.5) is 0 Å². The van der Waals surface area contributed by atoms with Crippen molar-refractivity contribution >= 4 is 11.8 Å². The summed E-state index contributed by atoms with van der Waals surface area (Å²) in [7, 11) is 1.65. The molecule has 2 fully saturated rings. The molecule has 2 saturated heterocycles. The van der Waals surface area contributed by atoms with Crippen molar-refractivity contribution in [2.45, 2.75) is 32.6 Å². The molecule has 148 valence electrons. The highest BCUT2D eigenvalue weighted by molar-refractivity contribution is 5.86. The van der Waals surface area contributed by atoms with Crippen LogP contribution in [0, 0.1) is 5.41 Å². The summed E-state index contributed by atoms with van der Waals surface area (Å²) < 4.78 is 10.8. The van der Waals surface area contributed by atoms with Crippen molar-refractivity contribution in [3.63, 3.8) is 0 Å². The van der Waals surface area contributed by atoms with E-state index in [1.54, 1.807) is 7.11 Å². The number of likely N-dealkylation sites (tertiary alicyclic amines) is 2. The van der Waals surface area contributed by atoms with Crippen LogP contribution in [0.1, 0.15) is 31.7 Å². The third kappa shape index (κ3) is 4.26. The molecule has 6 nitrogen and oxygen atoms in total. The zero-order valence-corrected chi connectivity index (χ0v) is 16.4. The van der Waals surface area contributed by atoms with Gasteiger partial charge in [-0.1, -0.05) is 18.2 Å². The van der Waals surface area contributed by atoms with Gasteiger partial charge >= 0.3 is 0 Å². The summed E-state index contributed by atoms with van der Waals surface area (Å²) in [5.41, 5.74) is 0.503. The van der Waals surface area contributed by atoms with Gasteiger partial charge in [0.1, 0.15) is 5.75 Å². The zero-order valence-electron chi connectivity index (χ0n) is 16.4. The topological polar surface area (TPSA) is 59.1 Å². The fourth-order valence-corrected chi connectivity index (χ4v) is 4.25. The number of benzene rings is 1. The second kappa shape index (κ2) is 8.74. The Hall–Kier alpha value is -2.08. The summed E-state index contributed by atoms with van der Waals surface area (Å²) in [6.45, 7) is 5.67. The minimum atomic E-state index is -0.402. The predicted molar refractivity (Wildman–Crippen MR) is 103 cm³/mol. The lowest BCUT2D eigenvalue weighted by Gasteiger charge is -2.39. The van der Waals surface area contributed by atoms with Gasteiger partial charge in [-0.15, -0.1) is 0 Å². The van der Waals surface area contributed by atoms with Gasteiger partial charge in [0.05, 0.1) is 25.0 Å². The lowest BCUT2D eigenvalue weighted by Crippen LogP contribution is -2.51. The third-order valence-corrected chi connectivity index (χ3v) is 5.71. The normalized spacial score (nSPS) is 22.5. The van der Waals surface area contributed by atoms with Gasteiger partial charge < -0.3 is 19.3 Å². The van der Waals surface area contributed by atoms with Crippen LogP contribution in [-0.2, 0) is 20.7 Å². The molecule has 1 aromatic carbocycles. The predicted octanol–water partition coefficient (Wildman–Crippen LogP) is 2.12. The molecule has 1 atom stereocenters. The Morgan fingerprint density at radius 1 is 1.22 bits per heavy atom. The van der Waals surface area contributed by atoms with Crippen LogP contribution in [0.5, 0.6) is 5.75 Å². The lowest BCUT2D eigenvalue weighted by atomic mass is 9.78. The van der Waals surface area contributed by atoms with E-state index in [1.165, 1.54) is 0 Å². The van der Waals surface area contributed by atoms with E-state index in [2.05, 4.69) is 0 Å². The van der Waals surface area contributed by atoms with Crippen molar-refractivity contribution in [2.24, 2.45) is 5.41 Å². The maximum Gasteiger partial charge on any atom is 0.230 e. The quantitative estimate of drug-likeness (QED) is 0.734. The largest absolute Gasteiger partial charge is 0.494 e. The van der Waals surface area contributed by atoms with Gasteiger partial charge in [0.2, 0.25) is 11.8 Å². The third-order valence-electron chi connectivity index (χ3n) is 5.71. The maximum absolute atomic E-state index is 13.0. The highest BCUT2D eigenvalue weighted by Gasteiger charge is 2.49. The standard InChI is InChI=1S/C21H30N2O4/c1-3-27-18-8-5-4-7-17(18)15-19(24)23-12-10-21(16-23)9-6-11-22(20(21)25)13-14-26-2/h4-5,7-8H,3,6,9-16H2,1-2H3/t21-/m1/s1. The zero-order chi connectivity index (χ0) is 19.3. The van der Waals surface area contributed by atoms with E-state index >= 15 is 0 Å². The SMILES string of the molecule is CCOc1ccccc1CC(=O)N1CC[C@]2(CCCN(CCOC)C2=O)C1. The minimum Gasteiger partial charge on any atom is -0.494 e. The number of methoxy groups -OCH3 is 1. The van der Waals surface area contributed by atoms with Crippen LogP contribution >= 0.6 is 0 Å². The maximum atomic E-state index is 13.0. The molecule has 0 aromatic heterocycles. The molecule has 27 heavy (non-hydrogen) atoms. The van der Waals surface area contributed by atoms with E-state index in [-0.39, 0.29) is 11.8 Å². The summed E-state index contributed by atoms with van der Waals surface area (Å²) in [6, 6.07) is 7.68. The van der Waals surface area contributed by atoms with Crippen LogP contribution in [0.25, 0.3) is 0 Å². The average Bonchev–Trinajstić information content (AvgIpc) is 3.10. The number of carbonyl (C=O) groups is 2. The second-order valence-corrected chi connectivity index (χ2v) is 7.45. The van der Waals surface area contributed by atoms with Crippen LogP contribution in [0.3, 0.4) is 0 Å². The molecule has 0 bridgehead atoms. The number of ether oxygens (including phenoxy) is 2. The number of piperidine rings is 1. The number of carbonyl (C=O) groups excluding carboxylic acids is 2. The Kier molecular flexibility index (Phi) is 6.37. The Morgan fingerprint density at radius 3 is 2.81 bits per heavy atom. The highest BCUT2D eigenvalue weighted by Crippen LogP contribution is 2.40. The number of nitrogens with zero attached hydrogens (tertiary/aromatic N) is 2. The first-order valence-electron chi connectivity index (χ1n) is 9.86. The second-order valence-electron chi connectivity index (χ2n) is 7.45. The number of amides is 2. The molecular weight excluding hydrogens is 344 g/mol. The minimum absolute atomic E-state index is 0.0702. The van der Waals surface area contributed by atoms with E-state index in [9.17, 15) is 9.59 Å². The van der Waals surface area contributed by atoms with E-state index in [0.29, 0.717) is 39.3 Å². The lowest BCUT2D eigenvalue weighted by molar-refractivity contribution is -0.146. The van der Waals surface area contributed by atoms with Crippen molar-refractivity contribution in [1.29, 1.82) is 0 Å². The van der Waals surface area contributed by atoms with Gasteiger partial charge in [0.15, 0.2) is 0 Å². The molecule has 0 aliphatic carbocycles. The van der Waals surface area contributed by atoms with Gasteiger partial charge in [-0.25, -0.2) is 0 Å². The van der Waals surface area contributed by atoms with E-state index in [0.717, 1.165) is 37.1 Å². The van der Waals surface area contributed by atoms with Crippen LogP contribution in [0.15, 0.2) is 24.3 Å². The molecule has 1 spiro atoms. The number of hydrogen-bond donors (Lipinski definition) is 0. The Morgan fingerprint density at radius 2 is 2.04 bits per heavy atom. The molecule has 2 heterocycles. The van der Waals surface area contributed by atoms with Crippen molar-refractivity contribution in [1.82, 2.24) is 9.80 Å². The smallest absolute Gasteiger partial charge is 0.230 e. The molecule has 0 N–H and O–H groups in total. The molecule has 0 unspecified atom stereocenters. The van der Waals surface area contributed by atoms with Crippen molar-refractivity contribution in [3.05, 3.63) is 29.8 Å². The first-order chi connectivity index (χ1) is 13.1. The molecule has 3 rings (SSSR count). The van der Waals surface area contributed by atoms with Crippen molar-refractivity contribution in [2.75, 3.05) is 46.5 Å². The molecule has 0 saturated carbocycles. The Bertz CT molecular complexity index is 678. The van der Waals surface area contributed by atoms with Crippen LogP contribution in [0.2, 0.25) is 0 Å². The fraction of sp³-hybridized carbons (Fsp3) is 0.619. The van der Waals surface area contributed by atoms with E-state index < -0.39 is 5.41 Å². The first kappa shape index (κ1) is 19.7. The summed E-state index contributed by atoms with van der Waals surface area (Å²) in [5.74, 6) is 1.03. The van der Waals surface area contributed by atoms with E-state index in [4.69, 9.17) is 9.47 Å². The van der Waals surface area contributed by atoms with Gasteiger partial charge in [-0.05, 0) is 32.3 Å². The summed E-state index contributed by atoms with van der Waals surface area (Å²) in [4.78, 5) is 29.7. The monoisotopic (exact) mass is 374 g/mol. The molecular formula is C21H30N2O4. The van der Waals surface area contributed by atoms with Gasteiger partial charge in [0.25, 0.3) is 0 Å². The van der Waals surface area contributed by atoms with Crippen molar-refractivity contribution in [3.8, 4) is 5.75 Å². The van der Waals surface area contributed by atoms with Gasteiger partial charge in [0, 0.05) is 38.9 Å². The first-order valence-corrected chi connectivity index (χ1v) is 9.86. The Balaban J connectivity index is 1.65. The number of para-hydroxylation sites is 1. The van der Waals surface area contributed by atoms with E-state index in [1.807, 2.05) is 41.0 Å². The van der Waals surface area contributed by atoms with Gasteiger partial charge in [-0.2, -0.15) is 0 Å². The number of hydrogen-bond acceptors (Lipinski definition) is 4. The Labute approximate surface area is 161 Å². The average molecular weight is 374 g/mol. The number of rotatable bonds is 7. The van der Waals surface area contributed by atoms with Crippen LogP contribution < -0.4 is 4.74 Å². The van der Waals surface area contributed by atoms with Crippen LogP contribution in [-0.4, -0.2) is 68.1 Å². The fourth-order valence-electron chi connectivity index (χ4n) is 4.25. The molecule has 1 aromatic rings. The molecule has 2 aliphatic heterocycles. The molecule has 2 aliphatic rings. The highest BCUT2D eigenvalue weighted by atomic mass is 16.5. The molecule has 6 heteroatoms. The van der Waals surface area contributed by atoms with Gasteiger partial charge in [-0.3, -0.25) is 9.59 Å². The molecule has 2 amide bonds. The summed E-state index contributed by atoms with van der Waals surface area (Å²) >= 11 is 0.